The number of benzene rings is 2. The van der Waals surface area contributed by atoms with Crippen LogP contribution in [-0.2, 0) is 4.79 Å². The van der Waals surface area contributed by atoms with Gasteiger partial charge in [0.25, 0.3) is 0 Å². The molecule has 0 saturated carbocycles. The lowest BCUT2D eigenvalue weighted by molar-refractivity contribution is -0.137. The molecule has 1 atom stereocenters. The van der Waals surface area contributed by atoms with Crippen molar-refractivity contribution in [2.45, 2.75) is 5.92 Å². The van der Waals surface area contributed by atoms with Crippen molar-refractivity contribution >= 4 is 12.0 Å². The van der Waals surface area contributed by atoms with Crippen LogP contribution in [0.15, 0.2) is 66.7 Å². The molecule has 0 aliphatic rings. The quantitative estimate of drug-likeness (QED) is 0.884. The molecule has 0 aromatic heterocycles. The molecule has 0 fully saturated rings. The van der Waals surface area contributed by atoms with Gasteiger partial charge in [0.05, 0.1) is 0 Å². The van der Waals surface area contributed by atoms with Crippen molar-refractivity contribution in [1.29, 1.82) is 0 Å². The van der Waals surface area contributed by atoms with Gasteiger partial charge in [0.15, 0.2) is 0 Å². The molecule has 2 heteroatoms. The molecular weight excluding hydrogens is 224 g/mol. The lowest BCUT2D eigenvalue weighted by Gasteiger charge is -2.07. The van der Waals surface area contributed by atoms with Gasteiger partial charge < -0.3 is 5.11 Å². The Kier molecular flexibility index (Phi) is 3.92. The first-order valence-corrected chi connectivity index (χ1v) is 5.78. The Labute approximate surface area is 106 Å². The van der Waals surface area contributed by atoms with E-state index in [1.807, 2.05) is 66.7 Å². The minimum atomic E-state index is -0.839. The van der Waals surface area contributed by atoms with Crippen molar-refractivity contribution in [3.63, 3.8) is 0 Å². The smallest absolute Gasteiger partial charge is 0.314 e. The molecule has 18 heavy (non-hydrogen) atoms. The molecule has 0 bridgehead atoms. The largest absolute Gasteiger partial charge is 0.481 e. The predicted octanol–water partition coefficient (Wildman–Crippen LogP) is 3.57. The van der Waals surface area contributed by atoms with E-state index in [9.17, 15) is 9.90 Å². The van der Waals surface area contributed by atoms with Gasteiger partial charge in [-0.15, -0.1) is 0 Å². The average Bonchev–Trinajstić information content (AvgIpc) is 2.41. The van der Waals surface area contributed by atoms with E-state index in [0.29, 0.717) is 0 Å². The van der Waals surface area contributed by atoms with Gasteiger partial charge in [0.2, 0.25) is 0 Å². The third-order valence-corrected chi connectivity index (χ3v) is 2.71. The number of carbonyl (C=O) groups is 1. The van der Waals surface area contributed by atoms with E-state index in [0.717, 1.165) is 11.1 Å². The summed E-state index contributed by atoms with van der Waals surface area (Å²) in [5.74, 6) is -1.44. The number of rotatable bonds is 4. The third-order valence-electron chi connectivity index (χ3n) is 2.71. The minimum Gasteiger partial charge on any atom is -0.481 e. The van der Waals surface area contributed by atoms with Crippen molar-refractivity contribution in [1.82, 2.24) is 0 Å². The molecule has 2 nitrogen and oxygen atoms in total. The van der Waals surface area contributed by atoms with E-state index in [1.54, 1.807) is 6.08 Å². The third kappa shape index (κ3) is 3.08. The molecular formula is C16H14O2. The summed E-state index contributed by atoms with van der Waals surface area (Å²) in [6.45, 7) is 0. The summed E-state index contributed by atoms with van der Waals surface area (Å²) >= 11 is 0. The first-order chi connectivity index (χ1) is 8.77. The van der Waals surface area contributed by atoms with Gasteiger partial charge in [-0.05, 0) is 11.1 Å². The second kappa shape index (κ2) is 5.82. The van der Waals surface area contributed by atoms with Crippen molar-refractivity contribution in [3.05, 3.63) is 77.9 Å². The Balaban J connectivity index is 2.23. The molecule has 0 heterocycles. The molecule has 0 radical (unpaired) electrons. The van der Waals surface area contributed by atoms with Crippen LogP contribution in [0.3, 0.4) is 0 Å². The van der Waals surface area contributed by atoms with Crippen LogP contribution in [-0.4, -0.2) is 11.1 Å². The molecule has 0 aliphatic heterocycles. The fraction of sp³-hybridized carbons (Fsp3) is 0.0625. The van der Waals surface area contributed by atoms with Crippen LogP contribution in [0.4, 0.5) is 0 Å². The SMILES string of the molecule is O=C(O)[C@H](C=Cc1ccccc1)c1ccccc1. The fourth-order valence-corrected chi connectivity index (χ4v) is 1.77. The highest BCUT2D eigenvalue weighted by Crippen LogP contribution is 2.18. The number of aliphatic carboxylic acids is 1. The molecule has 2 aromatic carbocycles. The van der Waals surface area contributed by atoms with Crippen molar-refractivity contribution < 1.29 is 9.90 Å². The second-order valence-electron chi connectivity index (χ2n) is 4.00. The monoisotopic (exact) mass is 238 g/mol. The summed E-state index contributed by atoms with van der Waals surface area (Å²) in [6.07, 6.45) is 3.55. The van der Waals surface area contributed by atoms with Crippen LogP contribution in [0.1, 0.15) is 17.0 Å². The second-order valence-corrected chi connectivity index (χ2v) is 4.00. The van der Waals surface area contributed by atoms with E-state index in [-0.39, 0.29) is 0 Å². The number of hydrogen-bond acceptors (Lipinski definition) is 1. The van der Waals surface area contributed by atoms with Gasteiger partial charge in [-0.1, -0.05) is 72.8 Å². The molecule has 0 amide bonds. The highest BCUT2D eigenvalue weighted by Gasteiger charge is 2.15. The Morgan fingerprint density at radius 1 is 0.944 bits per heavy atom. The summed E-state index contributed by atoms with van der Waals surface area (Å²) < 4.78 is 0. The normalized spacial score (nSPS) is 12.4. The van der Waals surface area contributed by atoms with Crippen molar-refractivity contribution in [2.24, 2.45) is 0 Å². The molecule has 0 saturated heterocycles. The van der Waals surface area contributed by atoms with E-state index < -0.39 is 11.9 Å². The maximum absolute atomic E-state index is 11.3. The van der Waals surface area contributed by atoms with Gasteiger partial charge in [-0.25, -0.2) is 0 Å². The van der Waals surface area contributed by atoms with Gasteiger partial charge >= 0.3 is 5.97 Å². The van der Waals surface area contributed by atoms with Crippen LogP contribution in [0.25, 0.3) is 6.08 Å². The maximum atomic E-state index is 11.3. The summed E-state index contributed by atoms with van der Waals surface area (Å²) in [7, 11) is 0. The minimum absolute atomic E-state index is 0.605. The predicted molar refractivity (Wildman–Crippen MR) is 72.3 cm³/mol. The zero-order valence-corrected chi connectivity index (χ0v) is 9.86. The molecule has 0 unspecified atom stereocenters. The van der Waals surface area contributed by atoms with Crippen LogP contribution in [0.5, 0.6) is 0 Å². The van der Waals surface area contributed by atoms with Gasteiger partial charge in [0.1, 0.15) is 5.92 Å². The van der Waals surface area contributed by atoms with Gasteiger partial charge in [-0.2, -0.15) is 0 Å². The molecule has 1 N–H and O–H groups in total. The van der Waals surface area contributed by atoms with E-state index >= 15 is 0 Å². The van der Waals surface area contributed by atoms with Crippen LogP contribution >= 0.6 is 0 Å². The summed E-state index contributed by atoms with van der Waals surface area (Å²) in [5.41, 5.74) is 1.79. The van der Waals surface area contributed by atoms with Crippen LogP contribution < -0.4 is 0 Å². The standard InChI is InChI=1S/C16H14O2/c17-16(18)15(14-9-5-2-6-10-14)12-11-13-7-3-1-4-8-13/h1-12,15H,(H,17,18)/t15-/m1/s1. The van der Waals surface area contributed by atoms with Crippen molar-refractivity contribution in [2.75, 3.05) is 0 Å². The number of hydrogen-bond donors (Lipinski definition) is 1. The zero-order valence-electron chi connectivity index (χ0n) is 9.86. The first-order valence-electron chi connectivity index (χ1n) is 5.78. The maximum Gasteiger partial charge on any atom is 0.314 e. The molecule has 2 rings (SSSR count). The van der Waals surface area contributed by atoms with Gasteiger partial charge in [0, 0.05) is 0 Å². The topological polar surface area (TPSA) is 37.3 Å². The lowest BCUT2D eigenvalue weighted by Crippen LogP contribution is -2.08. The van der Waals surface area contributed by atoms with Crippen molar-refractivity contribution in [3.8, 4) is 0 Å². The summed E-state index contributed by atoms with van der Waals surface area (Å²) in [5, 5.41) is 9.25. The Bertz CT molecular complexity index is 530. The summed E-state index contributed by atoms with van der Waals surface area (Å²) in [6, 6.07) is 18.9. The number of carboxylic acid groups (broad SMARTS) is 1. The molecule has 2 aromatic rings. The Morgan fingerprint density at radius 2 is 1.50 bits per heavy atom. The first kappa shape index (κ1) is 12.1. The molecule has 90 valence electrons. The lowest BCUT2D eigenvalue weighted by atomic mass is 9.98. The van der Waals surface area contributed by atoms with E-state index in [2.05, 4.69) is 0 Å². The van der Waals surface area contributed by atoms with E-state index in [4.69, 9.17) is 0 Å². The fourth-order valence-electron chi connectivity index (χ4n) is 1.77. The molecule has 0 aliphatic carbocycles. The zero-order chi connectivity index (χ0) is 12.8. The van der Waals surface area contributed by atoms with E-state index in [1.165, 1.54) is 0 Å². The Morgan fingerprint density at radius 3 is 2.06 bits per heavy atom. The van der Waals surface area contributed by atoms with Crippen LogP contribution in [0, 0.1) is 0 Å². The summed E-state index contributed by atoms with van der Waals surface area (Å²) in [4.78, 5) is 11.3. The van der Waals surface area contributed by atoms with Crippen LogP contribution in [0.2, 0.25) is 0 Å². The highest BCUT2D eigenvalue weighted by molar-refractivity contribution is 5.80. The molecule has 0 spiro atoms. The average molecular weight is 238 g/mol. The van der Waals surface area contributed by atoms with Gasteiger partial charge in [-0.3, -0.25) is 4.79 Å². The number of carboxylic acids is 1. The highest BCUT2D eigenvalue weighted by atomic mass is 16.4. The Hall–Kier alpha value is -2.35.